The number of fused-ring (bicyclic) bond motifs is 2. The zero-order valence-corrected chi connectivity index (χ0v) is 11.0. The maximum atomic E-state index is 5.70. The normalized spacial score (nSPS) is 27.9. The molecular weight excluding hydrogens is 254 g/mol. The second-order valence-corrected chi connectivity index (χ2v) is 5.60. The third-order valence-corrected chi connectivity index (χ3v) is 4.44. The number of aromatic nitrogens is 2. The fraction of sp³-hybridized carbons (Fsp3) is 0.429. The molecule has 4 rings (SSSR count). The van der Waals surface area contributed by atoms with Crippen molar-refractivity contribution in [3.8, 4) is 11.3 Å². The highest BCUT2D eigenvalue weighted by Crippen LogP contribution is 2.34. The summed E-state index contributed by atoms with van der Waals surface area (Å²) in [4.78, 5) is 0. The quantitative estimate of drug-likeness (QED) is 0.783. The fourth-order valence-electron chi connectivity index (χ4n) is 3.37. The lowest BCUT2D eigenvalue weighted by Crippen LogP contribution is -2.32. The summed E-state index contributed by atoms with van der Waals surface area (Å²) in [6, 6.07) is 9.27. The van der Waals surface area contributed by atoms with Crippen LogP contribution in [-0.2, 0) is 0 Å². The summed E-state index contributed by atoms with van der Waals surface area (Å²) in [5, 5.41) is 14.6. The molecule has 2 fully saturated rings. The maximum absolute atomic E-state index is 5.70. The van der Waals surface area contributed by atoms with Crippen LogP contribution in [0, 0.1) is 5.92 Å². The smallest absolute Gasteiger partial charge is 0.196 e. The van der Waals surface area contributed by atoms with Crippen molar-refractivity contribution in [2.45, 2.75) is 24.9 Å². The molecule has 1 saturated carbocycles. The van der Waals surface area contributed by atoms with Crippen molar-refractivity contribution in [3.05, 3.63) is 24.3 Å². The number of hydrogen-bond acceptors (Lipinski definition) is 6. The lowest BCUT2D eigenvalue weighted by Gasteiger charge is -2.18. The van der Waals surface area contributed by atoms with Crippen molar-refractivity contribution < 1.29 is 4.63 Å². The maximum Gasteiger partial charge on any atom is 0.196 e. The summed E-state index contributed by atoms with van der Waals surface area (Å²) in [6.45, 7) is 1.14. The van der Waals surface area contributed by atoms with E-state index >= 15 is 0 Å². The predicted octanol–water partition coefficient (Wildman–Crippen LogP) is 1.48. The average molecular weight is 271 g/mol. The molecule has 2 heterocycles. The van der Waals surface area contributed by atoms with Crippen molar-refractivity contribution in [2.24, 2.45) is 5.92 Å². The Morgan fingerprint density at radius 2 is 2.05 bits per heavy atom. The Balaban J connectivity index is 1.52. The Morgan fingerprint density at radius 3 is 2.60 bits per heavy atom. The zero-order valence-electron chi connectivity index (χ0n) is 11.0. The van der Waals surface area contributed by atoms with Crippen LogP contribution in [0.3, 0.4) is 0 Å². The summed E-state index contributed by atoms with van der Waals surface area (Å²) >= 11 is 0. The Hall–Kier alpha value is -2.08. The Morgan fingerprint density at radius 1 is 1.20 bits per heavy atom. The van der Waals surface area contributed by atoms with E-state index in [0.717, 1.165) is 23.7 Å². The van der Waals surface area contributed by atoms with Gasteiger partial charge in [0.1, 0.15) is 0 Å². The first-order chi connectivity index (χ1) is 9.81. The number of nitrogens with zero attached hydrogens (tertiary/aromatic N) is 2. The molecule has 0 spiro atoms. The van der Waals surface area contributed by atoms with Gasteiger partial charge in [0.15, 0.2) is 11.5 Å². The lowest BCUT2D eigenvalue weighted by molar-refractivity contribution is 0.310. The Kier molecular flexibility index (Phi) is 2.63. The average Bonchev–Trinajstić information content (AvgIpc) is 3.17. The second kappa shape index (κ2) is 4.49. The summed E-state index contributed by atoms with van der Waals surface area (Å²) in [7, 11) is 0. The third kappa shape index (κ3) is 1.84. The molecule has 4 N–H and O–H groups in total. The van der Waals surface area contributed by atoms with Crippen LogP contribution in [0.5, 0.6) is 0 Å². The van der Waals surface area contributed by atoms with Crippen LogP contribution in [0.4, 0.5) is 11.5 Å². The summed E-state index contributed by atoms with van der Waals surface area (Å²) in [5.74, 6) is 1.08. The van der Waals surface area contributed by atoms with Crippen LogP contribution in [0.1, 0.15) is 12.8 Å². The molecule has 2 bridgehead atoms. The first-order valence-corrected chi connectivity index (χ1v) is 6.99. The molecule has 3 atom stereocenters. The molecule has 1 saturated heterocycles. The highest BCUT2D eigenvalue weighted by molar-refractivity contribution is 5.70. The molecule has 20 heavy (non-hydrogen) atoms. The number of nitrogen functional groups attached to an aromatic ring is 1. The molecule has 1 aliphatic carbocycles. The topological polar surface area (TPSA) is 89.0 Å². The van der Waals surface area contributed by atoms with Gasteiger partial charge in [0.2, 0.25) is 0 Å². The summed E-state index contributed by atoms with van der Waals surface area (Å²) in [5.41, 5.74) is 8.34. The number of piperidine rings is 1. The van der Waals surface area contributed by atoms with Crippen molar-refractivity contribution >= 4 is 11.5 Å². The number of rotatable bonds is 3. The molecule has 1 aliphatic heterocycles. The first-order valence-electron chi connectivity index (χ1n) is 6.99. The number of nitrogens with two attached hydrogens (primary N) is 1. The molecule has 2 aromatic rings. The minimum Gasteiger partial charge on any atom is -0.380 e. The molecule has 1 aromatic heterocycles. The monoisotopic (exact) mass is 271 g/mol. The zero-order chi connectivity index (χ0) is 13.5. The largest absolute Gasteiger partial charge is 0.380 e. The molecule has 6 heteroatoms. The number of anilines is 2. The summed E-state index contributed by atoms with van der Waals surface area (Å²) < 4.78 is 4.63. The van der Waals surface area contributed by atoms with Gasteiger partial charge >= 0.3 is 0 Å². The molecular formula is C14H17N5O. The SMILES string of the molecule is Nc1nonc1-c1ccc(N[C@@H]2[C@@H]3CC[C@H]2NC3)cc1. The second-order valence-electron chi connectivity index (χ2n) is 5.60. The van der Waals surface area contributed by atoms with Crippen LogP contribution in [0.2, 0.25) is 0 Å². The summed E-state index contributed by atoms with van der Waals surface area (Å²) in [6.07, 6.45) is 2.61. The Bertz CT molecular complexity index is 588. The number of hydrogen-bond donors (Lipinski definition) is 3. The molecule has 0 radical (unpaired) electrons. The van der Waals surface area contributed by atoms with E-state index in [4.69, 9.17) is 5.73 Å². The predicted molar refractivity (Wildman–Crippen MR) is 76.1 cm³/mol. The van der Waals surface area contributed by atoms with E-state index < -0.39 is 0 Å². The van der Waals surface area contributed by atoms with Crippen molar-refractivity contribution in [2.75, 3.05) is 17.6 Å². The van der Waals surface area contributed by atoms with Gasteiger partial charge in [0, 0.05) is 29.9 Å². The molecule has 104 valence electrons. The van der Waals surface area contributed by atoms with Crippen LogP contribution < -0.4 is 16.4 Å². The van der Waals surface area contributed by atoms with Gasteiger partial charge in [-0.15, -0.1) is 0 Å². The number of nitrogens with one attached hydrogen (secondary N) is 2. The molecule has 0 unspecified atom stereocenters. The van der Waals surface area contributed by atoms with Gasteiger partial charge < -0.3 is 16.4 Å². The van der Waals surface area contributed by atoms with E-state index in [1.54, 1.807) is 0 Å². The minimum absolute atomic E-state index is 0.323. The molecule has 0 amide bonds. The van der Waals surface area contributed by atoms with Gasteiger partial charge in [0.25, 0.3) is 0 Å². The van der Waals surface area contributed by atoms with E-state index in [1.807, 2.05) is 12.1 Å². The van der Waals surface area contributed by atoms with Crippen LogP contribution in [0.25, 0.3) is 11.3 Å². The van der Waals surface area contributed by atoms with Gasteiger partial charge in [-0.25, -0.2) is 4.63 Å². The van der Waals surface area contributed by atoms with E-state index in [2.05, 4.69) is 37.7 Å². The van der Waals surface area contributed by atoms with E-state index in [9.17, 15) is 0 Å². The molecule has 6 nitrogen and oxygen atoms in total. The Labute approximate surface area is 116 Å². The first kappa shape index (κ1) is 11.7. The fourth-order valence-corrected chi connectivity index (χ4v) is 3.37. The van der Waals surface area contributed by atoms with Gasteiger partial charge in [-0.2, -0.15) is 0 Å². The third-order valence-electron chi connectivity index (χ3n) is 4.44. The highest BCUT2D eigenvalue weighted by Gasteiger charge is 2.41. The van der Waals surface area contributed by atoms with E-state index in [-0.39, 0.29) is 0 Å². The van der Waals surface area contributed by atoms with Crippen molar-refractivity contribution in [3.63, 3.8) is 0 Å². The van der Waals surface area contributed by atoms with Crippen LogP contribution in [-0.4, -0.2) is 28.9 Å². The molecule has 2 aliphatic rings. The van der Waals surface area contributed by atoms with Crippen LogP contribution in [0.15, 0.2) is 28.9 Å². The number of benzene rings is 1. The highest BCUT2D eigenvalue weighted by atomic mass is 16.6. The van der Waals surface area contributed by atoms with Gasteiger partial charge in [0.05, 0.1) is 0 Å². The molecule has 1 aromatic carbocycles. The van der Waals surface area contributed by atoms with Gasteiger partial charge in [-0.1, -0.05) is 12.1 Å². The van der Waals surface area contributed by atoms with Crippen LogP contribution >= 0.6 is 0 Å². The minimum atomic E-state index is 0.323. The lowest BCUT2D eigenvalue weighted by atomic mass is 10.1. The van der Waals surface area contributed by atoms with E-state index in [1.165, 1.54) is 12.8 Å². The van der Waals surface area contributed by atoms with Gasteiger partial charge in [-0.05, 0) is 41.2 Å². The standard InChI is InChI=1S/C14H17N5O/c15-14-13(18-20-19-14)8-1-4-10(5-2-8)17-12-9-3-6-11(12)16-7-9/h1-2,4-5,9,11-12,16-17H,3,6-7H2,(H2,15,19)/t9-,11-,12-/m1/s1. The van der Waals surface area contributed by atoms with Crippen molar-refractivity contribution in [1.82, 2.24) is 15.6 Å². The van der Waals surface area contributed by atoms with Gasteiger partial charge in [-0.3, -0.25) is 0 Å². The van der Waals surface area contributed by atoms with E-state index in [0.29, 0.717) is 23.6 Å². The van der Waals surface area contributed by atoms with Crippen molar-refractivity contribution in [1.29, 1.82) is 0 Å².